The number of anilines is 1. The predicted molar refractivity (Wildman–Crippen MR) is 91.1 cm³/mol. The van der Waals surface area contributed by atoms with Gasteiger partial charge in [-0.05, 0) is 36.8 Å². The molecular formula is C16H17N3OS. The molecule has 0 atom stereocenters. The Kier molecular flexibility index (Phi) is 5.29. The van der Waals surface area contributed by atoms with E-state index in [0.29, 0.717) is 5.11 Å². The number of methoxy groups -OCH3 is 1. The van der Waals surface area contributed by atoms with E-state index in [1.807, 2.05) is 55.5 Å². The Morgan fingerprint density at radius 2 is 1.95 bits per heavy atom. The van der Waals surface area contributed by atoms with Crippen LogP contribution in [0.25, 0.3) is 0 Å². The zero-order valence-corrected chi connectivity index (χ0v) is 12.8. The first-order valence-electron chi connectivity index (χ1n) is 6.48. The standard InChI is InChI=1S/C16H17N3OS/c1-12-6-8-13(9-7-12)11-17-19-16(21)18-14-4-3-5-15(10-14)20-2/h3-11H,1-2H3,(H2,18,19,21)/b17-11-. The molecule has 0 saturated carbocycles. The van der Waals surface area contributed by atoms with Gasteiger partial charge in [0.25, 0.3) is 0 Å². The highest BCUT2D eigenvalue weighted by Crippen LogP contribution is 2.16. The molecule has 0 bridgehead atoms. The fourth-order valence-electron chi connectivity index (χ4n) is 1.68. The summed E-state index contributed by atoms with van der Waals surface area (Å²) in [5.41, 5.74) is 5.85. The quantitative estimate of drug-likeness (QED) is 0.516. The van der Waals surface area contributed by atoms with Crippen molar-refractivity contribution in [3.63, 3.8) is 0 Å². The minimum atomic E-state index is 0.423. The van der Waals surface area contributed by atoms with E-state index in [1.54, 1.807) is 13.3 Å². The van der Waals surface area contributed by atoms with Gasteiger partial charge < -0.3 is 10.1 Å². The first kappa shape index (κ1) is 15.0. The van der Waals surface area contributed by atoms with Crippen LogP contribution in [0.1, 0.15) is 11.1 Å². The maximum atomic E-state index is 5.17. The zero-order chi connectivity index (χ0) is 15.1. The molecule has 2 aromatic rings. The third kappa shape index (κ3) is 4.89. The smallest absolute Gasteiger partial charge is 0.191 e. The van der Waals surface area contributed by atoms with Crippen LogP contribution in [0, 0.1) is 6.92 Å². The number of hydrogen-bond donors (Lipinski definition) is 2. The molecule has 0 amide bonds. The highest BCUT2D eigenvalue weighted by molar-refractivity contribution is 7.80. The van der Waals surface area contributed by atoms with Crippen LogP contribution in [0.4, 0.5) is 5.69 Å². The van der Waals surface area contributed by atoms with E-state index in [-0.39, 0.29) is 0 Å². The molecule has 5 heteroatoms. The fourth-order valence-corrected chi connectivity index (χ4v) is 1.85. The second kappa shape index (κ2) is 7.40. The number of nitrogens with zero attached hydrogens (tertiary/aromatic N) is 1. The SMILES string of the molecule is COc1cccc(NC(=S)N/N=C\c2ccc(C)cc2)c1. The van der Waals surface area contributed by atoms with Gasteiger partial charge in [-0.3, -0.25) is 5.43 Å². The van der Waals surface area contributed by atoms with Crippen LogP contribution in [0.15, 0.2) is 53.6 Å². The molecule has 0 heterocycles. The minimum Gasteiger partial charge on any atom is -0.497 e. The maximum Gasteiger partial charge on any atom is 0.191 e. The number of benzene rings is 2. The Bertz CT molecular complexity index is 638. The van der Waals surface area contributed by atoms with Crippen LogP contribution in [-0.4, -0.2) is 18.4 Å². The van der Waals surface area contributed by atoms with Crippen molar-refractivity contribution in [1.82, 2.24) is 5.43 Å². The molecule has 0 aliphatic rings. The van der Waals surface area contributed by atoms with E-state index in [1.165, 1.54) is 5.56 Å². The van der Waals surface area contributed by atoms with Crippen LogP contribution >= 0.6 is 12.2 Å². The van der Waals surface area contributed by atoms with Crippen molar-refractivity contribution in [2.75, 3.05) is 12.4 Å². The molecule has 4 nitrogen and oxygen atoms in total. The molecular weight excluding hydrogens is 282 g/mol. The average molecular weight is 299 g/mol. The van der Waals surface area contributed by atoms with Gasteiger partial charge in [0, 0.05) is 11.8 Å². The Hall–Kier alpha value is -2.40. The van der Waals surface area contributed by atoms with Gasteiger partial charge in [0.05, 0.1) is 13.3 Å². The van der Waals surface area contributed by atoms with Crippen molar-refractivity contribution in [3.05, 3.63) is 59.7 Å². The number of aryl methyl sites for hydroxylation is 1. The second-order valence-corrected chi connectivity index (χ2v) is 4.88. The summed E-state index contributed by atoms with van der Waals surface area (Å²) in [4.78, 5) is 0. The summed E-state index contributed by atoms with van der Waals surface area (Å²) in [6.45, 7) is 2.05. The van der Waals surface area contributed by atoms with Gasteiger partial charge in [0.2, 0.25) is 0 Å². The molecule has 0 aromatic heterocycles. The van der Waals surface area contributed by atoms with Gasteiger partial charge in [-0.15, -0.1) is 0 Å². The third-order valence-corrected chi connectivity index (χ3v) is 2.98. The highest BCUT2D eigenvalue weighted by atomic mass is 32.1. The highest BCUT2D eigenvalue weighted by Gasteiger charge is 1.98. The van der Waals surface area contributed by atoms with Crippen molar-refractivity contribution in [1.29, 1.82) is 0 Å². The van der Waals surface area contributed by atoms with Crippen LogP contribution < -0.4 is 15.5 Å². The topological polar surface area (TPSA) is 45.6 Å². The summed E-state index contributed by atoms with van der Waals surface area (Å²) in [5, 5.41) is 7.56. The first-order chi connectivity index (χ1) is 10.2. The normalized spacial score (nSPS) is 10.4. The lowest BCUT2D eigenvalue weighted by atomic mass is 10.2. The number of nitrogens with one attached hydrogen (secondary N) is 2. The fraction of sp³-hybridized carbons (Fsp3) is 0.125. The van der Waals surface area contributed by atoms with Crippen molar-refractivity contribution in [2.45, 2.75) is 6.92 Å². The minimum absolute atomic E-state index is 0.423. The molecule has 2 aromatic carbocycles. The molecule has 2 N–H and O–H groups in total. The van der Waals surface area contributed by atoms with Crippen LogP contribution in [0.5, 0.6) is 5.75 Å². The lowest BCUT2D eigenvalue weighted by Crippen LogP contribution is -2.23. The Morgan fingerprint density at radius 3 is 2.67 bits per heavy atom. The Labute approximate surface area is 129 Å². The number of thiocarbonyl (C=S) groups is 1. The molecule has 0 unspecified atom stereocenters. The summed E-state index contributed by atoms with van der Waals surface area (Å²) in [7, 11) is 1.63. The first-order valence-corrected chi connectivity index (χ1v) is 6.89. The lowest BCUT2D eigenvalue weighted by molar-refractivity contribution is 0.415. The van der Waals surface area contributed by atoms with Crippen molar-refractivity contribution < 1.29 is 4.74 Å². The summed E-state index contributed by atoms with van der Waals surface area (Å²) in [5.74, 6) is 0.769. The van der Waals surface area contributed by atoms with Gasteiger partial charge in [-0.25, -0.2) is 0 Å². The Morgan fingerprint density at radius 1 is 1.19 bits per heavy atom. The number of ether oxygens (including phenoxy) is 1. The molecule has 0 aliphatic heterocycles. The molecule has 108 valence electrons. The Balaban J connectivity index is 1.88. The summed E-state index contributed by atoms with van der Waals surface area (Å²) >= 11 is 5.17. The van der Waals surface area contributed by atoms with Crippen molar-refractivity contribution >= 4 is 29.2 Å². The number of rotatable bonds is 4. The van der Waals surface area contributed by atoms with E-state index in [2.05, 4.69) is 15.8 Å². The second-order valence-electron chi connectivity index (χ2n) is 4.47. The predicted octanol–water partition coefficient (Wildman–Crippen LogP) is 3.32. The van der Waals surface area contributed by atoms with Crippen LogP contribution in [0.3, 0.4) is 0 Å². The van der Waals surface area contributed by atoms with E-state index < -0.39 is 0 Å². The van der Waals surface area contributed by atoms with Gasteiger partial charge >= 0.3 is 0 Å². The number of hydrazone groups is 1. The van der Waals surface area contributed by atoms with Crippen molar-refractivity contribution in [2.24, 2.45) is 5.10 Å². The molecule has 0 aliphatic carbocycles. The van der Waals surface area contributed by atoms with Crippen LogP contribution in [-0.2, 0) is 0 Å². The van der Waals surface area contributed by atoms with Crippen molar-refractivity contribution in [3.8, 4) is 5.75 Å². The zero-order valence-electron chi connectivity index (χ0n) is 12.0. The average Bonchev–Trinajstić information content (AvgIpc) is 2.49. The molecule has 0 spiro atoms. The third-order valence-electron chi connectivity index (χ3n) is 2.78. The van der Waals surface area contributed by atoms with Crippen LogP contribution in [0.2, 0.25) is 0 Å². The van der Waals surface area contributed by atoms with Gasteiger partial charge in [0.1, 0.15) is 5.75 Å². The molecule has 2 rings (SSSR count). The number of hydrogen-bond acceptors (Lipinski definition) is 3. The maximum absolute atomic E-state index is 5.17. The molecule has 0 fully saturated rings. The molecule has 0 radical (unpaired) electrons. The van der Waals surface area contributed by atoms with E-state index in [9.17, 15) is 0 Å². The molecule has 0 saturated heterocycles. The summed E-state index contributed by atoms with van der Waals surface area (Å²) in [6, 6.07) is 15.6. The van der Waals surface area contributed by atoms with Gasteiger partial charge in [-0.2, -0.15) is 5.10 Å². The van der Waals surface area contributed by atoms with E-state index >= 15 is 0 Å². The summed E-state index contributed by atoms with van der Waals surface area (Å²) < 4.78 is 5.15. The lowest BCUT2D eigenvalue weighted by Gasteiger charge is -2.08. The summed E-state index contributed by atoms with van der Waals surface area (Å²) in [6.07, 6.45) is 1.72. The van der Waals surface area contributed by atoms with E-state index in [0.717, 1.165) is 17.0 Å². The molecule has 21 heavy (non-hydrogen) atoms. The largest absolute Gasteiger partial charge is 0.497 e. The van der Waals surface area contributed by atoms with E-state index in [4.69, 9.17) is 17.0 Å². The monoisotopic (exact) mass is 299 g/mol. The van der Waals surface area contributed by atoms with Gasteiger partial charge in [-0.1, -0.05) is 35.9 Å². The van der Waals surface area contributed by atoms with Gasteiger partial charge in [0.15, 0.2) is 5.11 Å².